The van der Waals surface area contributed by atoms with Crippen LogP contribution in [-0.4, -0.2) is 71.7 Å². The van der Waals surface area contributed by atoms with E-state index in [4.69, 9.17) is 4.74 Å². The van der Waals surface area contributed by atoms with E-state index in [-0.39, 0.29) is 23.5 Å². The number of carbonyl (C=O) groups is 1. The number of hydrogen-bond acceptors (Lipinski definition) is 6. The minimum Gasteiger partial charge on any atom is -0.508 e. The number of rotatable bonds is 9. The predicted molar refractivity (Wildman–Crippen MR) is 133 cm³/mol. The highest BCUT2D eigenvalue weighted by Gasteiger charge is 2.32. The Morgan fingerprint density at radius 3 is 2.74 bits per heavy atom. The van der Waals surface area contributed by atoms with Crippen LogP contribution in [0.15, 0.2) is 42.6 Å². The number of nitrogens with zero attached hydrogens (tertiary/aromatic N) is 3. The first-order chi connectivity index (χ1) is 16.5. The van der Waals surface area contributed by atoms with Gasteiger partial charge in [-0.05, 0) is 76.0 Å². The molecule has 7 heteroatoms. The number of aromatic nitrogens is 1. The molecule has 2 aliphatic rings. The smallest absolute Gasteiger partial charge is 0.224 e. The van der Waals surface area contributed by atoms with Crippen LogP contribution in [0.4, 0.5) is 0 Å². The third-order valence-corrected chi connectivity index (χ3v) is 7.14. The highest BCUT2D eigenvalue weighted by molar-refractivity contribution is 5.79. The zero-order valence-electron chi connectivity index (χ0n) is 20.4. The highest BCUT2D eigenvalue weighted by Crippen LogP contribution is 2.26. The van der Waals surface area contributed by atoms with Crippen molar-refractivity contribution in [2.45, 2.75) is 45.2 Å². The van der Waals surface area contributed by atoms with E-state index < -0.39 is 0 Å². The summed E-state index contributed by atoms with van der Waals surface area (Å²) in [6.45, 7) is 6.77. The molecule has 3 heterocycles. The Labute approximate surface area is 203 Å². The van der Waals surface area contributed by atoms with Crippen LogP contribution in [0.1, 0.15) is 36.9 Å². The van der Waals surface area contributed by atoms with Gasteiger partial charge >= 0.3 is 0 Å². The first kappa shape index (κ1) is 24.5. The lowest BCUT2D eigenvalue weighted by atomic mass is 9.88. The van der Waals surface area contributed by atoms with Crippen molar-refractivity contribution in [2.75, 3.05) is 39.8 Å². The Bertz CT molecular complexity index is 918. The molecular formula is C27H38N4O3. The van der Waals surface area contributed by atoms with Gasteiger partial charge in [-0.1, -0.05) is 12.1 Å². The van der Waals surface area contributed by atoms with Gasteiger partial charge < -0.3 is 20.1 Å². The maximum absolute atomic E-state index is 13.1. The molecule has 0 radical (unpaired) electrons. The van der Waals surface area contributed by atoms with Crippen LogP contribution >= 0.6 is 0 Å². The van der Waals surface area contributed by atoms with Crippen molar-refractivity contribution < 1.29 is 14.6 Å². The summed E-state index contributed by atoms with van der Waals surface area (Å²) >= 11 is 0. The van der Waals surface area contributed by atoms with Gasteiger partial charge in [0.25, 0.3) is 0 Å². The van der Waals surface area contributed by atoms with Crippen LogP contribution in [-0.2, 0) is 11.3 Å². The Balaban J connectivity index is 1.35. The first-order valence-corrected chi connectivity index (χ1v) is 12.5. The molecule has 4 rings (SSSR count). The normalized spacial score (nSPS) is 23.6. The van der Waals surface area contributed by atoms with Crippen LogP contribution in [0.3, 0.4) is 0 Å². The van der Waals surface area contributed by atoms with Crippen molar-refractivity contribution in [3.63, 3.8) is 0 Å². The van der Waals surface area contributed by atoms with Crippen LogP contribution in [0.25, 0.3) is 0 Å². The lowest BCUT2D eigenvalue weighted by Gasteiger charge is -2.37. The highest BCUT2D eigenvalue weighted by atomic mass is 16.5. The third kappa shape index (κ3) is 6.93. The number of likely N-dealkylation sites (tertiary alicyclic amines) is 2. The molecule has 0 aliphatic carbocycles. The van der Waals surface area contributed by atoms with E-state index in [1.807, 2.05) is 31.2 Å². The molecule has 2 fully saturated rings. The molecule has 0 spiro atoms. The molecule has 2 aliphatic heterocycles. The summed E-state index contributed by atoms with van der Waals surface area (Å²) in [5.74, 6) is 1.38. The number of amides is 1. The lowest BCUT2D eigenvalue weighted by Crippen LogP contribution is -2.47. The Morgan fingerprint density at radius 2 is 2.03 bits per heavy atom. The third-order valence-electron chi connectivity index (χ3n) is 7.14. The summed E-state index contributed by atoms with van der Waals surface area (Å²) in [6, 6.07) is 11.8. The monoisotopic (exact) mass is 466 g/mol. The molecule has 2 saturated heterocycles. The number of piperidine rings is 1. The minimum atomic E-state index is -0.0584. The number of carbonyl (C=O) groups excluding carboxylic acids is 1. The molecule has 0 bridgehead atoms. The van der Waals surface area contributed by atoms with Crippen molar-refractivity contribution in [3.05, 3.63) is 53.9 Å². The lowest BCUT2D eigenvalue weighted by molar-refractivity contribution is -0.127. The summed E-state index contributed by atoms with van der Waals surface area (Å²) in [5, 5.41) is 12.8. The Kier molecular flexibility index (Phi) is 8.40. The molecule has 1 unspecified atom stereocenters. The van der Waals surface area contributed by atoms with E-state index in [9.17, 15) is 9.90 Å². The van der Waals surface area contributed by atoms with Crippen LogP contribution in [0, 0.1) is 18.8 Å². The zero-order valence-corrected chi connectivity index (χ0v) is 20.4. The van der Waals surface area contributed by atoms with Gasteiger partial charge in [-0.25, -0.2) is 0 Å². The largest absolute Gasteiger partial charge is 0.508 e. The number of hydrogen-bond donors (Lipinski definition) is 2. The number of phenols is 1. The Morgan fingerprint density at radius 1 is 1.21 bits per heavy atom. The molecule has 0 saturated carbocycles. The average molecular weight is 467 g/mol. The molecule has 3 atom stereocenters. The van der Waals surface area contributed by atoms with Crippen molar-refractivity contribution in [1.29, 1.82) is 0 Å². The predicted octanol–water partition coefficient (Wildman–Crippen LogP) is 3.21. The average Bonchev–Trinajstić information content (AvgIpc) is 3.24. The molecular weight excluding hydrogens is 428 g/mol. The standard InChI is InChI=1S/C27H38N4O3/c1-20-5-10-26(15-29-20)34-19-22-14-23(27(33)28-12-11-24-4-3-13-30(24)2)18-31(17-22)16-21-6-8-25(32)9-7-21/h5-10,15,22-24,32H,3-4,11-14,16-19H2,1-2H3,(H,28,33)/t22-,23+,24?/m0/s1. The SMILES string of the molecule is Cc1ccc(OC[C@H]2C[C@@H](C(=O)NCCC3CCCN3C)CN(Cc3ccc(O)cc3)C2)cn1. The van der Waals surface area contributed by atoms with Gasteiger partial charge in [0.2, 0.25) is 5.91 Å². The Hall–Kier alpha value is -2.64. The van der Waals surface area contributed by atoms with Crippen molar-refractivity contribution in [1.82, 2.24) is 20.1 Å². The molecule has 7 nitrogen and oxygen atoms in total. The van der Waals surface area contributed by atoms with E-state index >= 15 is 0 Å². The van der Waals surface area contributed by atoms with Gasteiger partial charge in [0, 0.05) is 43.8 Å². The number of benzene rings is 1. The second-order valence-corrected chi connectivity index (χ2v) is 9.96. The van der Waals surface area contributed by atoms with E-state index in [0.717, 1.165) is 62.6 Å². The molecule has 1 amide bonds. The van der Waals surface area contributed by atoms with Gasteiger partial charge in [0.05, 0.1) is 18.7 Å². The van der Waals surface area contributed by atoms with Crippen LogP contribution in [0.2, 0.25) is 0 Å². The quantitative estimate of drug-likeness (QED) is 0.591. The van der Waals surface area contributed by atoms with E-state index in [0.29, 0.717) is 12.6 Å². The maximum Gasteiger partial charge on any atom is 0.224 e. The fourth-order valence-corrected chi connectivity index (χ4v) is 5.21. The van der Waals surface area contributed by atoms with E-state index in [1.165, 1.54) is 12.8 Å². The van der Waals surface area contributed by atoms with Gasteiger partial charge in [0.1, 0.15) is 11.5 Å². The van der Waals surface area contributed by atoms with Gasteiger partial charge in [0.15, 0.2) is 0 Å². The number of aromatic hydroxyl groups is 1. The molecule has 34 heavy (non-hydrogen) atoms. The topological polar surface area (TPSA) is 77.9 Å². The van der Waals surface area contributed by atoms with Crippen molar-refractivity contribution in [3.8, 4) is 11.5 Å². The van der Waals surface area contributed by atoms with E-state index in [1.54, 1.807) is 18.3 Å². The fourth-order valence-electron chi connectivity index (χ4n) is 5.21. The fraction of sp³-hybridized carbons (Fsp3) is 0.556. The van der Waals surface area contributed by atoms with Crippen molar-refractivity contribution in [2.24, 2.45) is 11.8 Å². The first-order valence-electron chi connectivity index (χ1n) is 12.5. The summed E-state index contributed by atoms with van der Waals surface area (Å²) in [4.78, 5) is 22.2. The number of pyridine rings is 1. The van der Waals surface area contributed by atoms with Crippen LogP contribution in [0.5, 0.6) is 11.5 Å². The van der Waals surface area contributed by atoms with Gasteiger partial charge in [-0.3, -0.25) is 14.7 Å². The summed E-state index contributed by atoms with van der Waals surface area (Å²) in [7, 11) is 2.18. The molecule has 2 N–H and O–H groups in total. The van der Waals surface area contributed by atoms with Crippen LogP contribution < -0.4 is 10.1 Å². The molecule has 184 valence electrons. The summed E-state index contributed by atoms with van der Waals surface area (Å²) < 4.78 is 6.04. The number of aryl methyl sites for hydroxylation is 1. The summed E-state index contributed by atoms with van der Waals surface area (Å²) in [5.41, 5.74) is 2.09. The second kappa shape index (κ2) is 11.7. The zero-order chi connectivity index (χ0) is 23.9. The molecule has 1 aromatic carbocycles. The number of phenolic OH excluding ortho intramolecular Hbond substituents is 1. The molecule has 1 aromatic heterocycles. The maximum atomic E-state index is 13.1. The second-order valence-electron chi connectivity index (χ2n) is 9.96. The van der Waals surface area contributed by atoms with Gasteiger partial charge in [-0.2, -0.15) is 0 Å². The summed E-state index contributed by atoms with van der Waals surface area (Å²) in [6.07, 6.45) is 6.07. The minimum absolute atomic E-state index is 0.0584. The molecule has 2 aromatic rings. The van der Waals surface area contributed by atoms with Crippen molar-refractivity contribution >= 4 is 5.91 Å². The van der Waals surface area contributed by atoms with E-state index in [2.05, 4.69) is 27.1 Å². The number of ether oxygens (including phenoxy) is 1. The van der Waals surface area contributed by atoms with Gasteiger partial charge in [-0.15, -0.1) is 0 Å². The number of nitrogens with one attached hydrogen (secondary N) is 1.